The Labute approximate surface area is 108 Å². The molecule has 0 saturated carbocycles. The molecule has 106 valence electrons. The quantitative estimate of drug-likeness (QED) is 0.365. The highest BCUT2D eigenvalue weighted by molar-refractivity contribution is 5.71. The number of nitrogens with zero attached hydrogens (tertiary/aromatic N) is 1. The van der Waals surface area contributed by atoms with E-state index >= 15 is 0 Å². The first-order valence-electron chi connectivity index (χ1n) is 5.10. The second-order valence-corrected chi connectivity index (χ2v) is 3.63. The molecule has 1 heterocycles. The Balaban J connectivity index is 2.87. The van der Waals surface area contributed by atoms with Gasteiger partial charge in [-0.1, -0.05) is 0 Å². The maximum Gasteiger partial charge on any atom is 0.255 e. The van der Waals surface area contributed by atoms with Gasteiger partial charge in [-0.25, -0.2) is 26.9 Å². The van der Waals surface area contributed by atoms with Crippen molar-refractivity contribution in [3.63, 3.8) is 0 Å². The molecule has 0 fully saturated rings. The van der Waals surface area contributed by atoms with Gasteiger partial charge in [0.05, 0.1) is 12.7 Å². The van der Waals surface area contributed by atoms with Crippen molar-refractivity contribution in [1.82, 2.24) is 4.98 Å². The number of pyridine rings is 1. The second-order valence-electron chi connectivity index (χ2n) is 3.63. The van der Waals surface area contributed by atoms with E-state index in [0.717, 1.165) is 19.4 Å². The average molecular weight is 293 g/mol. The van der Waals surface area contributed by atoms with Crippen LogP contribution in [-0.4, -0.2) is 12.1 Å². The first-order valence-corrected chi connectivity index (χ1v) is 5.10. The number of aromatic nitrogens is 1. The van der Waals surface area contributed by atoms with Crippen LogP contribution in [0.4, 0.5) is 26.3 Å². The van der Waals surface area contributed by atoms with E-state index in [0.29, 0.717) is 0 Å². The molecular formula is C12H5F6NO. The number of methoxy groups -OCH3 is 1. The van der Waals surface area contributed by atoms with Gasteiger partial charge in [0, 0.05) is 11.8 Å². The molecule has 0 saturated heterocycles. The zero-order valence-electron chi connectivity index (χ0n) is 9.78. The van der Waals surface area contributed by atoms with Crippen LogP contribution in [0.25, 0.3) is 11.1 Å². The molecule has 8 heteroatoms. The van der Waals surface area contributed by atoms with Crippen LogP contribution in [0.3, 0.4) is 0 Å². The van der Waals surface area contributed by atoms with Crippen molar-refractivity contribution < 1.29 is 31.1 Å². The summed E-state index contributed by atoms with van der Waals surface area (Å²) in [5, 5.41) is 0. The number of hydrogen-bond donors (Lipinski definition) is 0. The van der Waals surface area contributed by atoms with Gasteiger partial charge in [0.1, 0.15) is 0 Å². The van der Waals surface area contributed by atoms with E-state index in [4.69, 9.17) is 0 Å². The van der Waals surface area contributed by atoms with Crippen LogP contribution < -0.4 is 4.74 Å². The normalized spacial score (nSPS) is 10.8. The highest BCUT2D eigenvalue weighted by atomic mass is 19.2. The van der Waals surface area contributed by atoms with Gasteiger partial charge in [0.2, 0.25) is 5.82 Å². The van der Waals surface area contributed by atoms with Crippen molar-refractivity contribution in [2.75, 3.05) is 7.11 Å². The lowest BCUT2D eigenvalue weighted by atomic mass is 10.0. The third-order valence-corrected chi connectivity index (χ3v) is 2.54. The predicted molar refractivity (Wildman–Crippen MR) is 56.0 cm³/mol. The highest BCUT2D eigenvalue weighted by Crippen LogP contribution is 2.37. The highest BCUT2D eigenvalue weighted by Gasteiger charge is 2.29. The summed E-state index contributed by atoms with van der Waals surface area (Å²) in [5.74, 6) is -12.7. The molecule has 1 aromatic carbocycles. The van der Waals surface area contributed by atoms with E-state index < -0.39 is 51.9 Å². The minimum absolute atomic E-state index is 0.632. The Hall–Kier alpha value is -2.25. The Morgan fingerprint density at radius 2 is 1.35 bits per heavy atom. The standard InChI is InChI=1S/C12H5F6NO/c1-20-11-4(2-3-19-12(11)18)5-6(13)8(15)10(17)9(16)7(5)14/h2-3H,1H3. The van der Waals surface area contributed by atoms with Crippen LogP contribution in [-0.2, 0) is 0 Å². The minimum Gasteiger partial charge on any atom is -0.491 e. The van der Waals surface area contributed by atoms with Crippen LogP contribution in [0, 0.1) is 35.0 Å². The smallest absolute Gasteiger partial charge is 0.255 e. The van der Waals surface area contributed by atoms with Crippen molar-refractivity contribution in [1.29, 1.82) is 0 Å². The molecule has 0 amide bonds. The van der Waals surface area contributed by atoms with Crippen LogP contribution in [0.15, 0.2) is 12.3 Å². The SMILES string of the molecule is COc1c(-c2c(F)c(F)c(F)c(F)c2F)ccnc1F. The van der Waals surface area contributed by atoms with E-state index in [1.807, 2.05) is 0 Å². The van der Waals surface area contributed by atoms with Crippen LogP contribution >= 0.6 is 0 Å². The summed E-state index contributed by atoms with van der Waals surface area (Å²) in [6.07, 6.45) is 0.811. The average Bonchev–Trinajstić information content (AvgIpc) is 2.43. The molecule has 0 aliphatic heterocycles. The summed E-state index contributed by atoms with van der Waals surface area (Å²) in [6, 6.07) is 0.875. The molecule has 0 atom stereocenters. The lowest BCUT2D eigenvalue weighted by Crippen LogP contribution is -2.05. The summed E-state index contributed by atoms with van der Waals surface area (Å²) in [6.45, 7) is 0. The summed E-state index contributed by atoms with van der Waals surface area (Å²) in [5.41, 5.74) is -1.91. The van der Waals surface area contributed by atoms with Crippen LogP contribution in [0.5, 0.6) is 5.75 Å². The molecule has 0 aliphatic rings. The minimum atomic E-state index is -2.29. The summed E-state index contributed by atoms with van der Waals surface area (Å²) >= 11 is 0. The Morgan fingerprint density at radius 1 is 0.850 bits per heavy atom. The van der Waals surface area contributed by atoms with Crippen LogP contribution in [0.1, 0.15) is 0 Å². The zero-order chi connectivity index (χ0) is 15.0. The fourth-order valence-corrected chi connectivity index (χ4v) is 1.66. The Morgan fingerprint density at radius 3 is 1.85 bits per heavy atom. The number of benzene rings is 1. The Bertz CT molecular complexity index is 659. The van der Waals surface area contributed by atoms with Crippen molar-refractivity contribution in [3.8, 4) is 16.9 Å². The molecule has 20 heavy (non-hydrogen) atoms. The lowest BCUT2D eigenvalue weighted by molar-refractivity contribution is 0.372. The molecule has 1 aromatic heterocycles. The first kappa shape index (κ1) is 14.2. The maximum absolute atomic E-state index is 13.6. The van der Waals surface area contributed by atoms with Gasteiger partial charge in [-0.2, -0.15) is 4.39 Å². The molecular weight excluding hydrogens is 288 g/mol. The van der Waals surface area contributed by atoms with Gasteiger partial charge < -0.3 is 4.74 Å². The van der Waals surface area contributed by atoms with Crippen molar-refractivity contribution in [3.05, 3.63) is 47.3 Å². The van der Waals surface area contributed by atoms with Gasteiger partial charge in [-0.15, -0.1) is 0 Å². The fourth-order valence-electron chi connectivity index (χ4n) is 1.66. The van der Waals surface area contributed by atoms with E-state index in [9.17, 15) is 26.3 Å². The van der Waals surface area contributed by atoms with Crippen molar-refractivity contribution >= 4 is 0 Å². The van der Waals surface area contributed by atoms with Crippen molar-refractivity contribution in [2.45, 2.75) is 0 Å². The zero-order valence-corrected chi connectivity index (χ0v) is 9.78. The third-order valence-electron chi connectivity index (χ3n) is 2.54. The third kappa shape index (κ3) is 1.97. The molecule has 2 nitrogen and oxygen atoms in total. The lowest BCUT2D eigenvalue weighted by Gasteiger charge is -2.12. The number of rotatable bonds is 2. The topological polar surface area (TPSA) is 22.1 Å². The molecule has 0 spiro atoms. The largest absolute Gasteiger partial charge is 0.491 e. The number of ether oxygens (including phenoxy) is 1. The van der Waals surface area contributed by atoms with E-state index in [1.54, 1.807) is 0 Å². The molecule has 0 N–H and O–H groups in total. The van der Waals surface area contributed by atoms with E-state index in [-0.39, 0.29) is 0 Å². The second kappa shape index (κ2) is 5.03. The van der Waals surface area contributed by atoms with Gasteiger partial charge >= 0.3 is 0 Å². The summed E-state index contributed by atoms with van der Waals surface area (Å²) < 4.78 is 84.3. The van der Waals surface area contributed by atoms with Gasteiger partial charge in [-0.3, -0.25) is 0 Å². The summed E-state index contributed by atoms with van der Waals surface area (Å²) in [7, 11) is 0.968. The first-order chi connectivity index (χ1) is 9.40. The molecule has 0 aliphatic carbocycles. The monoisotopic (exact) mass is 293 g/mol. The molecule has 0 bridgehead atoms. The fraction of sp³-hybridized carbons (Fsp3) is 0.0833. The van der Waals surface area contributed by atoms with E-state index in [1.165, 1.54) is 0 Å². The molecule has 0 unspecified atom stereocenters. The molecule has 0 radical (unpaired) electrons. The number of hydrogen-bond acceptors (Lipinski definition) is 2. The Kier molecular flexibility index (Phi) is 3.56. The predicted octanol–water partition coefficient (Wildman–Crippen LogP) is 3.59. The van der Waals surface area contributed by atoms with Gasteiger partial charge in [-0.05, 0) is 6.07 Å². The molecule has 2 rings (SSSR count). The number of halogens is 6. The molecule has 2 aromatic rings. The van der Waals surface area contributed by atoms with Crippen molar-refractivity contribution in [2.24, 2.45) is 0 Å². The van der Waals surface area contributed by atoms with E-state index in [2.05, 4.69) is 9.72 Å². The maximum atomic E-state index is 13.6. The van der Waals surface area contributed by atoms with Gasteiger partial charge in [0.25, 0.3) is 5.95 Å². The van der Waals surface area contributed by atoms with Gasteiger partial charge in [0.15, 0.2) is 29.0 Å². The van der Waals surface area contributed by atoms with Crippen LogP contribution in [0.2, 0.25) is 0 Å². The summed E-state index contributed by atoms with van der Waals surface area (Å²) in [4.78, 5) is 3.16.